The summed E-state index contributed by atoms with van der Waals surface area (Å²) in [5.41, 5.74) is 2.07. The fourth-order valence-corrected chi connectivity index (χ4v) is 1.95. The first-order valence-corrected chi connectivity index (χ1v) is 6.59. The molecule has 0 radical (unpaired) electrons. The monoisotopic (exact) mass is 280 g/mol. The van der Waals surface area contributed by atoms with Gasteiger partial charge in [-0.05, 0) is 48.9 Å². The Morgan fingerprint density at radius 3 is 2.29 bits per heavy atom. The van der Waals surface area contributed by atoms with Crippen LogP contribution in [0.25, 0.3) is 0 Å². The summed E-state index contributed by atoms with van der Waals surface area (Å²) in [5, 5.41) is 11.7. The van der Waals surface area contributed by atoms with Gasteiger partial charge in [0.15, 0.2) is 0 Å². The number of benzene rings is 2. The summed E-state index contributed by atoms with van der Waals surface area (Å²) in [7, 11) is 1.62. The third-order valence-corrected chi connectivity index (χ3v) is 3.24. The molecule has 2 aromatic carbocycles. The maximum absolute atomic E-state index is 12.1. The number of nitrogens with one attached hydrogen (secondary N) is 1. The fraction of sp³-hybridized carbons (Fsp3) is 0.176. The van der Waals surface area contributed by atoms with Crippen LogP contribution in [0, 0.1) is 11.3 Å². The lowest BCUT2D eigenvalue weighted by Gasteiger charge is -2.15. The molecule has 0 saturated heterocycles. The van der Waals surface area contributed by atoms with E-state index in [1.54, 1.807) is 31.4 Å². The number of amides is 1. The minimum Gasteiger partial charge on any atom is -0.497 e. The second-order valence-electron chi connectivity index (χ2n) is 4.66. The third kappa shape index (κ3) is 3.61. The van der Waals surface area contributed by atoms with Crippen molar-refractivity contribution < 1.29 is 9.53 Å². The largest absolute Gasteiger partial charge is 0.497 e. The maximum atomic E-state index is 12.1. The maximum Gasteiger partial charge on any atom is 0.251 e. The number of carbonyl (C=O) groups is 1. The van der Waals surface area contributed by atoms with E-state index in [9.17, 15) is 4.79 Å². The number of nitriles is 1. The van der Waals surface area contributed by atoms with Crippen LogP contribution in [0.4, 0.5) is 0 Å². The molecule has 0 aliphatic rings. The number of nitrogens with zero attached hydrogens (tertiary/aromatic N) is 1. The van der Waals surface area contributed by atoms with Crippen LogP contribution in [0.2, 0.25) is 0 Å². The molecule has 1 atom stereocenters. The van der Waals surface area contributed by atoms with Crippen molar-refractivity contribution in [1.29, 1.82) is 5.26 Å². The van der Waals surface area contributed by atoms with Gasteiger partial charge in [-0.3, -0.25) is 4.79 Å². The van der Waals surface area contributed by atoms with E-state index in [2.05, 4.69) is 5.32 Å². The number of methoxy groups -OCH3 is 1. The molecule has 4 nitrogen and oxygen atoms in total. The first-order valence-electron chi connectivity index (χ1n) is 6.59. The predicted molar refractivity (Wildman–Crippen MR) is 80.0 cm³/mol. The second kappa shape index (κ2) is 6.58. The van der Waals surface area contributed by atoms with Gasteiger partial charge in [-0.25, -0.2) is 0 Å². The van der Waals surface area contributed by atoms with Gasteiger partial charge in [0, 0.05) is 5.56 Å². The van der Waals surface area contributed by atoms with E-state index in [1.165, 1.54) is 0 Å². The number of hydrogen-bond acceptors (Lipinski definition) is 3. The molecule has 0 spiro atoms. The molecule has 0 heterocycles. The minimum atomic E-state index is -0.164. The van der Waals surface area contributed by atoms with E-state index in [0.717, 1.165) is 11.3 Å². The molecule has 1 N–H and O–H groups in total. The molecule has 0 aliphatic heterocycles. The Bertz CT molecular complexity index is 655. The second-order valence-corrected chi connectivity index (χ2v) is 4.66. The summed E-state index contributed by atoms with van der Waals surface area (Å²) < 4.78 is 5.11. The molecule has 0 fully saturated rings. The van der Waals surface area contributed by atoms with Crippen LogP contribution in [-0.4, -0.2) is 13.0 Å². The van der Waals surface area contributed by atoms with Gasteiger partial charge in [-0.1, -0.05) is 12.1 Å². The van der Waals surface area contributed by atoms with E-state index < -0.39 is 0 Å². The van der Waals surface area contributed by atoms with Crippen molar-refractivity contribution in [2.24, 2.45) is 0 Å². The first kappa shape index (κ1) is 14.6. The molecular weight excluding hydrogens is 264 g/mol. The van der Waals surface area contributed by atoms with Crippen molar-refractivity contribution in [1.82, 2.24) is 5.32 Å². The zero-order valence-electron chi connectivity index (χ0n) is 12.0. The molecule has 21 heavy (non-hydrogen) atoms. The Hall–Kier alpha value is -2.80. The average molecular weight is 280 g/mol. The Morgan fingerprint density at radius 1 is 1.14 bits per heavy atom. The SMILES string of the molecule is COc1ccc([C@H](C)NC(=O)c2ccc(C#N)cc2)cc1. The predicted octanol–water partition coefficient (Wildman–Crippen LogP) is 3.06. The lowest BCUT2D eigenvalue weighted by atomic mass is 10.1. The van der Waals surface area contributed by atoms with E-state index in [4.69, 9.17) is 10.00 Å². The van der Waals surface area contributed by atoms with Crippen LogP contribution in [0.1, 0.15) is 34.5 Å². The molecule has 0 unspecified atom stereocenters. The fourth-order valence-electron chi connectivity index (χ4n) is 1.95. The highest BCUT2D eigenvalue weighted by molar-refractivity contribution is 5.94. The topological polar surface area (TPSA) is 62.1 Å². The minimum absolute atomic E-state index is 0.112. The summed E-state index contributed by atoms with van der Waals surface area (Å²) in [6, 6.07) is 16.0. The smallest absolute Gasteiger partial charge is 0.251 e. The highest BCUT2D eigenvalue weighted by Gasteiger charge is 2.11. The van der Waals surface area contributed by atoms with Crippen molar-refractivity contribution >= 4 is 5.91 Å². The molecule has 2 rings (SSSR count). The third-order valence-electron chi connectivity index (χ3n) is 3.24. The van der Waals surface area contributed by atoms with Gasteiger partial charge in [0.2, 0.25) is 0 Å². The van der Waals surface area contributed by atoms with Crippen LogP contribution in [0.15, 0.2) is 48.5 Å². The summed E-state index contributed by atoms with van der Waals surface area (Å²) in [5.74, 6) is 0.618. The molecule has 1 amide bonds. The van der Waals surface area contributed by atoms with Crippen LogP contribution in [-0.2, 0) is 0 Å². The number of ether oxygens (including phenoxy) is 1. The van der Waals surface area contributed by atoms with Gasteiger partial charge in [-0.2, -0.15) is 5.26 Å². The van der Waals surface area contributed by atoms with Gasteiger partial charge in [0.25, 0.3) is 5.91 Å². The van der Waals surface area contributed by atoms with E-state index in [-0.39, 0.29) is 11.9 Å². The van der Waals surface area contributed by atoms with Gasteiger partial charge in [-0.15, -0.1) is 0 Å². The first-order chi connectivity index (χ1) is 10.1. The summed E-state index contributed by atoms with van der Waals surface area (Å²) >= 11 is 0. The molecule has 106 valence electrons. The normalized spacial score (nSPS) is 11.3. The summed E-state index contributed by atoms with van der Waals surface area (Å²) in [6.45, 7) is 1.92. The number of carbonyl (C=O) groups excluding carboxylic acids is 1. The molecule has 0 saturated carbocycles. The number of hydrogen-bond donors (Lipinski definition) is 1. The summed E-state index contributed by atoms with van der Waals surface area (Å²) in [6.07, 6.45) is 0. The zero-order valence-corrected chi connectivity index (χ0v) is 12.0. The quantitative estimate of drug-likeness (QED) is 0.936. The van der Waals surface area contributed by atoms with Gasteiger partial charge in [0.1, 0.15) is 5.75 Å². The van der Waals surface area contributed by atoms with Crippen molar-refractivity contribution in [2.45, 2.75) is 13.0 Å². The van der Waals surface area contributed by atoms with Gasteiger partial charge >= 0.3 is 0 Å². The Balaban J connectivity index is 2.05. The summed E-state index contributed by atoms with van der Waals surface area (Å²) in [4.78, 5) is 12.1. The van der Waals surface area contributed by atoms with E-state index in [1.807, 2.05) is 37.3 Å². The molecular formula is C17H16N2O2. The Kier molecular flexibility index (Phi) is 4.57. The highest BCUT2D eigenvalue weighted by atomic mass is 16.5. The Morgan fingerprint density at radius 2 is 1.76 bits per heavy atom. The van der Waals surface area contributed by atoms with Crippen molar-refractivity contribution in [2.75, 3.05) is 7.11 Å². The average Bonchev–Trinajstić information content (AvgIpc) is 2.55. The molecule has 0 aliphatic carbocycles. The van der Waals surface area contributed by atoms with E-state index in [0.29, 0.717) is 11.1 Å². The van der Waals surface area contributed by atoms with Gasteiger partial charge in [0.05, 0.1) is 24.8 Å². The van der Waals surface area contributed by atoms with Crippen LogP contribution < -0.4 is 10.1 Å². The molecule has 0 bridgehead atoms. The number of rotatable bonds is 4. The van der Waals surface area contributed by atoms with Crippen molar-refractivity contribution in [3.8, 4) is 11.8 Å². The molecule has 4 heteroatoms. The lowest BCUT2D eigenvalue weighted by Crippen LogP contribution is -2.26. The van der Waals surface area contributed by atoms with Crippen molar-refractivity contribution in [3.63, 3.8) is 0 Å². The highest BCUT2D eigenvalue weighted by Crippen LogP contribution is 2.17. The Labute approximate surface area is 124 Å². The lowest BCUT2D eigenvalue weighted by molar-refractivity contribution is 0.0940. The van der Waals surface area contributed by atoms with Gasteiger partial charge < -0.3 is 10.1 Å². The van der Waals surface area contributed by atoms with Crippen molar-refractivity contribution in [3.05, 3.63) is 65.2 Å². The molecule has 0 aromatic heterocycles. The van der Waals surface area contributed by atoms with Crippen LogP contribution in [0.3, 0.4) is 0 Å². The van der Waals surface area contributed by atoms with Crippen LogP contribution >= 0.6 is 0 Å². The zero-order chi connectivity index (χ0) is 15.2. The van der Waals surface area contributed by atoms with Crippen LogP contribution in [0.5, 0.6) is 5.75 Å². The standard InChI is InChI=1S/C17H16N2O2/c1-12(14-7-9-16(21-2)10-8-14)19-17(20)15-5-3-13(11-18)4-6-15/h3-10,12H,1-2H3,(H,19,20)/t12-/m0/s1. The van der Waals surface area contributed by atoms with E-state index >= 15 is 0 Å². The molecule has 2 aromatic rings.